The molecule has 0 radical (unpaired) electrons. The van der Waals surface area contributed by atoms with E-state index < -0.39 is 12.0 Å². The van der Waals surface area contributed by atoms with E-state index in [1.165, 1.54) is 0 Å². The number of fused-ring (bicyclic) bond motifs is 1. The summed E-state index contributed by atoms with van der Waals surface area (Å²) in [6.45, 7) is 5.59. The smallest absolute Gasteiger partial charge is 0.413 e. The molecule has 0 atom stereocenters. The van der Waals surface area contributed by atoms with E-state index in [0.29, 0.717) is 16.1 Å². The zero-order valence-corrected chi connectivity index (χ0v) is 14.6. The standard InChI is InChI=1S/C16H19N3O4S/c1-4-23-16(22)18-13(20)9-24-15-17-12-8-6-5-7-11(12)14(21)19(15)10(2)3/h5-8,10H,4,9H2,1-3H3,(H,18,20,22). The number of carbonyl (C=O) groups excluding carboxylic acids is 2. The Labute approximate surface area is 143 Å². The topological polar surface area (TPSA) is 90.3 Å². The van der Waals surface area contributed by atoms with Crippen LogP contribution in [0, 0.1) is 0 Å². The van der Waals surface area contributed by atoms with Gasteiger partial charge >= 0.3 is 6.09 Å². The molecule has 24 heavy (non-hydrogen) atoms. The lowest BCUT2D eigenvalue weighted by Crippen LogP contribution is -2.32. The zero-order chi connectivity index (χ0) is 17.7. The zero-order valence-electron chi connectivity index (χ0n) is 13.7. The molecule has 0 aliphatic carbocycles. The Bertz CT molecular complexity index is 817. The van der Waals surface area contributed by atoms with Gasteiger partial charge in [0, 0.05) is 6.04 Å². The number of hydrogen-bond donors (Lipinski definition) is 1. The lowest BCUT2D eigenvalue weighted by Gasteiger charge is -2.15. The molecule has 0 spiro atoms. The molecule has 1 N–H and O–H groups in total. The van der Waals surface area contributed by atoms with Crippen LogP contribution in [0.4, 0.5) is 4.79 Å². The number of para-hydroxylation sites is 1. The third kappa shape index (κ3) is 4.14. The van der Waals surface area contributed by atoms with Gasteiger partial charge in [-0.3, -0.25) is 19.5 Å². The molecule has 1 heterocycles. The maximum absolute atomic E-state index is 12.6. The van der Waals surface area contributed by atoms with Gasteiger partial charge in [0.1, 0.15) is 0 Å². The van der Waals surface area contributed by atoms with Gasteiger partial charge in [0.2, 0.25) is 5.91 Å². The Morgan fingerprint density at radius 3 is 2.71 bits per heavy atom. The number of amides is 2. The van der Waals surface area contributed by atoms with Gasteiger partial charge in [-0.25, -0.2) is 9.78 Å². The summed E-state index contributed by atoms with van der Waals surface area (Å²) in [7, 11) is 0. The highest BCUT2D eigenvalue weighted by Crippen LogP contribution is 2.20. The number of rotatable bonds is 5. The number of ether oxygens (including phenoxy) is 1. The summed E-state index contributed by atoms with van der Waals surface area (Å²) in [5.41, 5.74) is 0.427. The van der Waals surface area contributed by atoms with E-state index in [9.17, 15) is 14.4 Å². The van der Waals surface area contributed by atoms with Gasteiger partial charge in [-0.2, -0.15) is 0 Å². The minimum Gasteiger partial charge on any atom is -0.450 e. The minimum atomic E-state index is -0.782. The first-order valence-corrected chi connectivity index (χ1v) is 8.53. The van der Waals surface area contributed by atoms with Gasteiger partial charge in [-0.15, -0.1) is 0 Å². The van der Waals surface area contributed by atoms with Crippen molar-refractivity contribution < 1.29 is 14.3 Å². The van der Waals surface area contributed by atoms with Crippen molar-refractivity contribution in [3.63, 3.8) is 0 Å². The molecule has 0 aliphatic rings. The normalized spacial score (nSPS) is 10.8. The summed E-state index contributed by atoms with van der Waals surface area (Å²) in [5, 5.41) is 3.09. The Balaban J connectivity index is 2.25. The molecule has 0 saturated heterocycles. The maximum Gasteiger partial charge on any atom is 0.413 e. The maximum atomic E-state index is 12.6. The van der Waals surface area contributed by atoms with Crippen LogP contribution in [0.5, 0.6) is 0 Å². The van der Waals surface area contributed by atoms with Gasteiger partial charge in [0.15, 0.2) is 5.16 Å². The van der Waals surface area contributed by atoms with Crippen LogP contribution < -0.4 is 10.9 Å². The van der Waals surface area contributed by atoms with Crippen LogP contribution >= 0.6 is 11.8 Å². The van der Waals surface area contributed by atoms with Crippen LogP contribution in [0.1, 0.15) is 26.8 Å². The van der Waals surface area contributed by atoms with E-state index in [1.807, 2.05) is 13.8 Å². The second-order valence-corrected chi connectivity index (χ2v) is 6.18. The van der Waals surface area contributed by atoms with Crippen molar-refractivity contribution in [2.75, 3.05) is 12.4 Å². The number of hydrogen-bond acceptors (Lipinski definition) is 6. The fourth-order valence-electron chi connectivity index (χ4n) is 2.13. The number of nitrogens with one attached hydrogen (secondary N) is 1. The second-order valence-electron chi connectivity index (χ2n) is 5.24. The first-order valence-electron chi connectivity index (χ1n) is 7.54. The molecule has 0 aliphatic heterocycles. The first-order chi connectivity index (χ1) is 11.4. The molecule has 7 nitrogen and oxygen atoms in total. The number of thioether (sulfide) groups is 1. The van der Waals surface area contributed by atoms with Crippen molar-refractivity contribution in [3.8, 4) is 0 Å². The van der Waals surface area contributed by atoms with E-state index in [2.05, 4.69) is 15.0 Å². The number of nitrogens with zero attached hydrogens (tertiary/aromatic N) is 2. The number of carbonyl (C=O) groups is 2. The molecule has 0 unspecified atom stereocenters. The van der Waals surface area contributed by atoms with Gasteiger partial charge in [0.25, 0.3) is 5.56 Å². The fraction of sp³-hybridized carbons (Fsp3) is 0.375. The molecular formula is C16H19N3O4S. The first kappa shape index (κ1) is 18.0. The molecule has 0 fully saturated rings. The fourth-order valence-corrected chi connectivity index (χ4v) is 3.06. The number of imide groups is 1. The SMILES string of the molecule is CCOC(=O)NC(=O)CSc1nc2ccccc2c(=O)n1C(C)C. The van der Waals surface area contributed by atoms with Crippen molar-refractivity contribution in [2.45, 2.75) is 32.0 Å². The van der Waals surface area contributed by atoms with Crippen LogP contribution in [0.15, 0.2) is 34.2 Å². The van der Waals surface area contributed by atoms with E-state index >= 15 is 0 Å². The van der Waals surface area contributed by atoms with Gasteiger partial charge in [0.05, 0.1) is 23.3 Å². The largest absolute Gasteiger partial charge is 0.450 e. The highest BCUT2D eigenvalue weighted by molar-refractivity contribution is 7.99. The molecule has 8 heteroatoms. The summed E-state index contributed by atoms with van der Waals surface area (Å²) < 4.78 is 6.20. The monoisotopic (exact) mass is 349 g/mol. The minimum absolute atomic E-state index is 0.0453. The number of aromatic nitrogens is 2. The molecule has 128 valence electrons. The third-order valence-corrected chi connectivity index (χ3v) is 4.09. The van der Waals surface area contributed by atoms with Crippen LogP contribution in [-0.2, 0) is 9.53 Å². The molecule has 1 aromatic heterocycles. The van der Waals surface area contributed by atoms with Crippen molar-refractivity contribution in [1.29, 1.82) is 0 Å². The van der Waals surface area contributed by atoms with Crippen LogP contribution in [0.3, 0.4) is 0 Å². The lowest BCUT2D eigenvalue weighted by atomic mass is 10.2. The van der Waals surface area contributed by atoms with E-state index in [1.54, 1.807) is 35.8 Å². The quantitative estimate of drug-likeness (QED) is 0.658. The highest BCUT2D eigenvalue weighted by Gasteiger charge is 2.16. The molecule has 2 aromatic rings. The highest BCUT2D eigenvalue weighted by atomic mass is 32.2. The average Bonchev–Trinajstić information content (AvgIpc) is 2.52. The van der Waals surface area contributed by atoms with E-state index in [4.69, 9.17) is 0 Å². The molecule has 1 aromatic carbocycles. The van der Waals surface area contributed by atoms with Crippen LogP contribution in [0.2, 0.25) is 0 Å². The third-order valence-electron chi connectivity index (χ3n) is 3.14. The molecule has 2 amide bonds. The molecule has 2 rings (SSSR count). The molecular weight excluding hydrogens is 330 g/mol. The van der Waals surface area contributed by atoms with Gasteiger partial charge in [-0.05, 0) is 32.9 Å². The Hall–Kier alpha value is -2.35. The predicted octanol–water partition coefficient (Wildman–Crippen LogP) is 2.34. The summed E-state index contributed by atoms with van der Waals surface area (Å²) in [4.78, 5) is 40.1. The Kier molecular flexibility index (Phi) is 5.97. The van der Waals surface area contributed by atoms with Crippen LogP contribution in [0.25, 0.3) is 10.9 Å². The summed E-state index contributed by atoms with van der Waals surface area (Å²) in [6, 6.07) is 6.96. The average molecular weight is 349 g/mol. The van der Waals surface area contributed by atoms with Crippen molar-refractivity contribution in [2.24, 2.45) is 0 Å². The molecule has 0 bridgehead atoms. The van der Waals surface area contributed by atoms with Gasteiger partial charge < -0.3 is 4.74 Å². The van der Waals surface area contributed by atoms with Crippen LogP contribution in [-0.4, -0.2) is 33.9 Å². The van der Waals surface area contributed by atoms with E-state index in [0.717, 1.165) is 11.8 Å². The summed E-state index contributed by atoms with van der Waals surface area (Å²) in [6.07, 6.45) is -0.782. The Morgan fingerprint density at radius 2 is 2.04 bits per heavy atom. The van der Waals surface area contributed by atoms with Gasteiger partial charge in [-0.1, -0.05) is 23.9 Å². The number of alkyl carbamates (subject to hydrolysis) is 1. The Morgan fingerprint density at radius 1 is 1.33 bits per heavy atom. The predicted molar refractivity (Wildman–Crippen MR) is 92.3 cm³/mol. The summed E-state index contributed by atoms with van der Waals surface area (Å²) in [5.74, 6) is -0.549. The van der Waals surface area contributed by atoms with E-state index in [-0.39, 0.29) is 24.0 Å². The number of benzene rings is 1. The summed E-state index contributed by atoms with van der Waals surface area (Å²) >= 11 is 1.10. The van der Waals surface area contributed by atoms with Crippen molar-refractivity contribution >= 4 is 34.7 Å². The second kappa shape index (κ2) is 7.96. The molecule has 0 saturated carbocycles. The van der Waals surface area contributed by atoms with Crippen molar-refractivity contribution in [1.82, 2.24) is 14.9 Å². The lowest BCUT2D eigenvalue weighted by molar-refractivity contribution is -0.117. The van der Waals surface area contributed by atoms with Crippen molar-refractivity contribution in [3.05, 3.63) is 34.6 Å².